The van der Waals surface area contributed by atoms with Gasteiger partial charge in [0.2, 0.25) is 0 Å². The topological polar surface area (TPSA) is 78.4 Å². The van der Waals surface area contributed by atoms with Gasteiger partial charge in [0.05, 0.1) is 23.4 Å². The number of fused-ring (bicyclic) bond motifs is 3. The molecule has 2 aliphatic rings. The van der Waals surface area contributed by atoms with Crippen LogP contribution in [-0.4, -0.2) is 33.3 Å². The zero-order valence-electron chi connectivity index (χ0n) is 17.0. The van der Waals surface area contributed by atoms with Crippen LogP contribution < -0.4 is 10.2 Å². The molecule has 6 nitrogen and oxygen atoms in total. The fourth-order valence-electron chi connectivity index (χ4n) is 4.39. The second-order valence-electron chi connectivity index (χ2n) is 8.14. The predicted octanol–water partition coefficient (Wildman–Crippen LogP) is 4.74. The van der Waals surface area contributed by atoms with Crippen LogP contribution >= 0.6 is 0 Å². The van der Waals surface area contributed by atoms with E-state index in [9.17, 15) is 23.1 Å². The first-order chi connectivity index (χ1) is 15.2. The van der Waals surface area contributed by atoms with E-state index >= 15 is 0 Å². The number of carbonyl (C=O) groups is 1. The highest BCUT2D eigenvalue weighted by molar-refractivity contribution is 6.04. The second kappa shape index (κ2) is 7.30. The average molecular weight is 440 g/mol. The van der Waals surface area contributed by atoms with Crippen molar-refractivity contribution in [1.29, 1.82) is 0 Å². The van der Waals surface area contributed by atoms with Crippen LogP contribution in [0.25, 0.3) is 11.3 Å². The third kappa shape index (κ3) is 3.38. The van der Waals surface area contributed by atoms with Gasteiger partial charge in [0.15, 0.2) is 0 Å². The van der Waals surface area contributed by atoms with Gasteiger partial charge in [-0.1, -0.05) is 18.2 Å². The molecule has 2 aromatic heterocycles. The quantitative estimate of drug-likeness (QED) is 0.604. The number of hydrogen-bond acceptors (Lipinski definition) is 4. The molecule has 9 heteroatoms. The van der Waals surface area contributed by atoms with Crippen LogP contribution in [0.5, 0.6) is 0 Å². The summed E-state index contributed by atoms with van der Waals surface area (Å²) in [7, 11) is 0. The number of alkyl halides is 3. The van der Waals surface area contributed by atoms with Crippen molar-refractivity contribution in [2.75, 3.05) is 10.2 Å². The van der Waals surface area contributed by atoms with E-state index in [0.717, 1.165) is 23.4 Å². The van der Waals surface area contributed by atoms with Crippen LogP contribution in [0, 0.1) is 6.92 Å². The summed E-state index contributed by atoms with van der Waals surface area (Å²) in [4.78, 5) is 22.8. The zero-order valence-corrected chi connectivity index (χ0v) is 17.0. The van der Waals surface area contributed by atoms with E-state index in [0.29, 0.717) is 17.9 Å². The van der Waals surface area contributed by atoms with Crippen molar-refractivity contribution in [1.82, 2.24) is 9.97 Å². The van der Waals surface area contributed by atoms with Crippen LogP contribution in [-0.2, 0) is 6.18 Å². The van der Waals surface area contributed by atoms with Crippen molar-refractivity contribution >= 4 is 17.5 Å². The number of pyridine rings is 2. The van der Waals surface area contributed by atoms with Gasteiger partial charge in [-0.3, -0.25) is 9.88 Å². The number of nitrogens with zero attached hydrogens (tertiary/aromatic N) is 3. The van der Waals surface area contributed by atoms with Gasteiger partial charge < -0.3 is 10.4 Å². The highest BCUT2D eigenvalue weighted by Gasteiger charge is 2.54. The minimum Gasteiger partial charge on any atom is -0.391 e. The molecular weight excluding hydrogens is 421 g/mol. The normalized spacial score (nSPS) is 21.5. The van der Waals surface area contributed by atoms with Gasteiger partial charge in [0, 0.05) is 35.1 Å². The molecule has 3 atom stereocenters. The van der Waals surface area contributed by atoms with Crippen molar-refractivity contribution in [3.05, 3.63) is 71.5 Å². The number of aliphatic hydroxyl groups is 1. The maximum Gasteiger partial charge on any atom is 0.417 e. The largest absolute Gasteiger partial charge is 0.417 e. The summed E-state index contributed by atoms with van der Waals surface area (Å²) in [5, 5.41) is 13.2. The summed E-state index contributed by atoms with van der Waals surface area (Å²) >= 11 is 0. The van der Waals surface area contributed by atoms with Gasteiger partial charge in [0.25, 0.3) is 0 Å². The Morgan fingerprint density at radius 3 is 2.72 bits per heavy atom. The van der Waals surface area contributed by atoms with Gasteiger partial charge in [0.1, 0.15) is 5.82 Å². The lowest BCUT2D eigenvalue weighted by Gasteiger charge is -2.40. The highest BCUT2D eigenvalue weighted by Crippen LogP contribution is 2.51. The summed E-state index contributed by atoms with van der Waals surface area (Å²) in [6, 6.07) is 10.8. The third-order valence-corrected chi connectivity index (χ3v) is 5.98. The van der Waals surface area contributed by atoms with Gasteiger partial charge in [-0.05, 0) is 43.2 Å². The minimum absolute atomic E-state index is 0.0653. The first-order valence-electron chi connectivity index (χ1n) is 10.1. The number of amides is 2. The number of benzene rings is 1. The molecule has 1 aromatic carbocycles. The number of halogens is 3. The summed E-state index contributed by atoms with van der Waals surface area (Å²) < 4.78 is 39.3. The van der Waals surface area contributed by atoms with E-state index in [1.54, 1.807) is 18.2 Å². The first-order valence-corrected chi connectivity index (χ1v) is 10.1. The average Bonchev–Trinajstić information content (AvgIpc) is 3.01. The molecule has 2 N–H and O–H groups in total. The van der Waals surface area contributed by atoms with Crippen molar-refractivity contribution in [2.24, 2.45) is 0 Å². The fraction of sp³-hybridized carbons (Fsp3) is 0.261. The SMILES string of the molecule is Cc1cccc(NC(=O)N2c3nc(-c4cncc(C(F)(F)F)c4)ccc3C3C[C@@H](O)C32)c1. The molecule has 0 bridgehead atoms. The standard InChI is InChI=1S/C23H19F3N4O2/c1-12-3-2-4-15(7-12)28-22(32)30-20-17(9-19(20)31)16-5-6-18(29-21(16)30)13-8-14(11-27-10-13)23(24,25)26/h2-8,10-11,17,19-20,31H,9H2,1H3,(H,28,32)/t17?,19-,20?/m1/s1. The summed E-state index contributed by atoms with van der Waals surface area (Å²) in [6.45, 7) is 1.91. The van der Waals surface area contributed by atoms with Crippen molar-refractivity contribution in [3.8, 4) is 11.3 Å². The number of rotatable bonds is 2. The van der Waals surface area contributed by atoms with Gasteiger partial charge >= 0.3 is 12.2 Å². The van der Waals surface area contributed by atoms with E-state index in [4.69, 9.17) is 0 Å². The molecule has 164 valence electrons. The minimum atomic E-state index is -4.53. The molecule has 0 radical (unpaired) electrons. The number of urea groups is 1. The van der Waals surface area contributed by atoms with E-state index in [2.05, 4.69) is 15.3 Å². The van der Waals surface area contributed by atoms with Gasteiger partial charge in [-0.15, -0.1) is 0 Å². The molecule has 1 aliphatic heterocycles. The van der Waals surface area contributed by atoms with Crippen LogP contribution in [0.1, 0.15) is 29.0 Å². The predicted molar refractivity (Wildman–Crippen MR) is 112 cm³/mol. The number of carbonyl (C=O) groups excluding carboxylic acids is 1. The van der Waals surface area contributed by atoms with Gasteiger partial charge in [-0.25, -0.2) is 9.78 Å². The smallest absolute Gasteiger partial charge is 0.391 e. The number of hydrogen-bond donors (Lipinski definition) is 2. The highest BCUT2D eigenvalue weighted by atomic mass is 19.4. The molecule has 0 spiro atoms. The number of aryl methyl sites for hydroxylation is 1. The van der Waals surface area contributed by atoms with Crippen LogP contribution in [0.3, 0.4) is 0 Å². The lowest BCUT2D eigenvalue weighted by molar-refractivity contribution is -0.137. The Kier molecular flexibility index (Phi) is 4.67. The Balaban J connectivity index is 1.52. The summed E-state index contributed by atoms with van der Waals surface area (Å²) in [5.74, 6) is 0.279. The molecule has 2 unspecified atom stereocenters. The third-order valence-electron chi connectivity index (χ3n) is 5.98. The Bertz CT molecular complexity index is 1210. The van der Waals surface area contributed by atoms with E-state index in [1.807, 2.05) is 25.1 Å². The summed E-state index contributed by atoms with van der Waals surface area (Å²) in [6.07, 6.45) is -2.66. The zero-order chi connectivity index (χ0) is 22.6. The Morgan fingerprint density at radius 1 is 1.19 bits per heavy atom. The fourth-order valence-corrected chi connectivity index (χ4v) is 4.39. The summed E-state index contributed by atoms with van der Waals surface area (Å²) in [5.41, 5.74) is 1.97. The molecule has 1 aliphatic carbocycles. The number of aromatic nitrogens is 2. The maximum absolute atomic E-state index is 13.2. The molecule has 3 aromatic rings. The van der Waals surface area contributed by atoms with Crippen LogP contribution in [0.2, 0.25) is 0 Å². The number of aliphatic hydroxyl groups excluding tert-OH is 1. The van der Waals surface area contributed by atoms with Crippen molar-refractivity contribution in [2.45, 2.75) is 37.6 Å². The van der Waals surface area contributed by atoms with Gasteiger partial charge in [-0.2, -0.15) is 13.2 Å². The monoisotopic (exact) mass is 440 g/mol. The van der Waals surface area contributed by atoms with E-state index in [-0.39, 0.29) is 17.2 Å². The molecule has 32 heavy (non-hydrogen) atoms. The van der Waals surface area contributed by atoms with Crippen LogP contribution in [0.4, 0.5) is 29.5 Å². The maximum atomic E-state index is 13.2. The first kappa shape index (κ1) is 20.4. The molecule has 1 fully saturated rings. The Hall–Kier alpha value is -3.46. The van der Waals surface area contributed by atoms with E-state index in [1.165, 1.54) is 11.1 Å². The second-order valence-corrected chi connectivity index (χ2v) is 8.14. The lowest BCUT2D eigenvalue weighted by atomic mass is 9.75. The molecule has 1 saturated carbocycles. The molecule has 5 rings (SSSR count). The lowest BCUT2D eigenvalue weighted by Crippen LogP contribution is -2.55. The number of anilines is 2. The molecule has 3 heterocycles. The van der Waals surface area contributed by atoms with Crippen molar-refractivity contribution in [3.63, 3.8) is 0 Å². The Morgan fingerprint density at radius 2 is 2.00 bits per heavy atom. The Labute approximate surface area is 181 Å². The van der Waals surface area contributed by atoms with E-state index < -0.39 is 29.9 Å². The molecule has 0 saturated heterocycles. The van der Waals surface area contributed by atoms with Crippen molar-refractivity contribution < 1.29 is 23.1 Å². The molecular formula is C23H19F3N4O2. The molecule has 2 amide bonds. The number of nitrogens with one attached hydrogen (secondary N) is 1. The van der Waals surface area contributed by atoms with Crippen LogP contribution in [0.15, 0.2) is 54.9 Å².